The number of sulfone groups is 1. The zero-order chi connectivity index (χ0) is 33.6. The van der Waals surface area contributed by atoms with Crippen LogP contribution in [0, 0.1) is 0 Å². The second-order valence-corrected chi connectivity index (χ2v) is 12.8. The van der Waals surface area contributed by atoms with Crippen LogP contribution in [0.25, 0.3) is 21.9 Å². The molecule has 10 heteroatoms. The highest BCUT2D eigenvalue weighted by atomic mass is 32.2. The molecule has 0 saturated carbocycles. The zero-order valence-corrected chi connectivity index (χ0v) is 27.5. The molecule has 0 amide bonds. The Morgan fingerprint density at radius 1 is 0.625 bits per heavy atom. The minimum atomic E-state index is -3.33. The maximum atomic E-state index is 12.1. The lowest BCUT2D eigenvalue weighted by molar-refractivity contribution is -0.112. The lowest BCUT2D eigenvalue weighted by Gasteiger charge is -2.16. The van der Waals surface area contributed by atoms with E-state index < -0.39 is 9.84 Å². The van der Waals surface area contributed by atoms with Crippen LogP contribution in [0.5, 0.6) is 23.0 Å². The largest absolute Gasteiger partial charge is 0.491 e. The minimum Gasteiger partial charge on any atom is -0.491 e. The average Bonchev–Trinajstić information content (AvgIpc) is 3.10. The molecule has 5 aromatic rings. The van der Waals surface area contributed by atoms with Crippen LogP contribution in [0.1, 0.15) is 5.56 Å². The third kappa shape index (κ3) is 10.1. The van der Waals surface area contributed by atoms with Gasteiger partial charge in [0.05, 0.1) is 37.9 Å². The van der Waals surface area contributed by atoms with Crippen molar-refractivity contribution in [1.29, 1.82) is 0 Å². The van der Waals surface area contributed by atoms with Crippen molar-refractivity contribution in [3.63, 3.8) is 0 Å². The third-order valence-corrected chi connectivity index (χ3v) is 8.38. The van der Waals surface area contributed by atoms with Crippen molar-refractivity contribution >= 4 is 26.9 Å². The fourth-order valence-corrected chi connectivity index (χ4v) is 5.47. The first kappa shape index (κ1) is 34.6. The lowest BCUT2D eigenvalue weighted by Crippen LogP contribution is -2.13. The second kappa shape index (κ2) is 17.4. The standard InChI is InChI=1S/C38H38O9S/c1-48(40,41)35-15-7-30(8-16-35)36-17-9-31-27-34(46-28-29-5-3-2-4-6-29)14-18-37(31)38(36)47-33-12-10-32(11-13-33)45-26-25-44-24-23-43-22-21-42-20-19-39/h2-19,27H,20-26,28H2,1H3. The number of hydrogen-bond donors (Lipinski definition) is 0. The van der Waals surface area contributed by atoms with E-state index >= 15 is 0 Å². The predicted molar refractivity (Wildman–Crippen MR) is 184 cm³/mol. The number of rotatable bonds is 19. The highest BCUT2D eigenvalue weighted by Crippen LogP contribution is 2.41. The molecule has 250 valence electrons. The Bertz CT molecular complexity index is 1860. The Morgan fingerprint density at radius 3 is 1.96 bits per heavy atom. The van der Waals surface area contributed by atoms with Gasteiger partial charge in [-0.3, -0.25) is 0 Å². The van der Waals surface area contributed by atoms with Crippen molar-refractivity contribution < 1.29 is 41.6 Å². The van der Waals surface area contributed by atoms with Crippen molar-refractivity contribution in [3.8, 4) is 34.1 Å². The number of aldehydes is 1. The molecule has 0 heterocycles. The van der Waals surface area contributed by atoms with Gasteiger partial charge in [-0.1, -0.05) is 48.5 Å². The summed E-state index contributed by atoms with van der Waals surface area (Å²) in [7, 11) is -3.33. The lowest BCUT2D eigenvalue weighted by atomic mass is 9.99. The molecule has 0 aromatic heterocycles. The van der Waals surface area contributed by atoms with Crippen LogP contribution in [0.15, 0.2) is 114 Å². The first-order valence-electron chi connectivity index (χ1n) is 15.5. The molecule has 0 bridgehead atoms. The summed E-state index contributed by atoms with van der Waals surface area (Å²) in [5, 5.41) is 1.81. The van der Waals surface area contributed by atoms with Crippen molar-refractivity contribution in [2.24, 2.45) is 0 Å². The van der Waals surface area contributed by atoms with Crippen LogP contribution in [-0.2, 0) is 35.4 Å². The van der Waals surface area contributed by atoms with Crippen molar-refractivity contribution in [1.82, 2.24) is 0 Å². The first-order valence-corrected chi connectivity index (χ1v) is 17.4. The Balaban J connectivity index is 1.26. The number of fused-ring (bicyclic) bond motifs is 1. The number of ether oxygens (including phenoxy) is 6. The van der Waals surface area contributed by atoms with E-state index in [2.05, 4.69) is 0 Å². The molecule has 0 atom stereocenters. The van der Waals surface area contributed by atoms with Crippen molar-refractivity contribution in [2.45, 2.75) is 11.5 Å². The van der Waals surface area contributed by atoms with Crippen molar-refractivity contribution in [2.75, 3.05) is 52.5 Å². The minimum absolute atomic E-state index is 0.0738. The summed E-state index contributed by atoms with van der Waals surface area (Å²) in [6, 6.07) is 34.0. The van der Waals surface area contributed by atoms with E-state index in [0.717, 1.165) is 33.2 Å². The molecule has 0 unspecified atom stereocenters. The van der Waals surface area contributed by atoms with Crippen LogP contribution in [0.2, 0.25) is 0 Å². The number of carbonyl (C=O) groups excluding carboxylic acids is 1. The molecule has 0 saturated heterocycles. The van der Waals surface area contributed by atoms with Gasteiger partial charge in [0.1, 0.15) is 49.1 Å². The van der Waals surface area contributed by atoms with Gasteiger partial charge in [0.25, 0.3) is 0 Å². The van der Waals surface area contributed by atoms with Gasteiger partial charge in [0.2, 0.25) is 0 Å². The fourth-order valence-electron chi connectivity index (χ4n) is 4.84. The van der Waals surface area contributed by atoms with E-state index in [0.29, 0.717) is 69.8 Å². The molecule has 9 nitrogen and oxygen atoms in total. The monoisotopic (exact) mass is 670 g/mol. The van der Waals surface area contributed by atoms with E-state index in [4.69, 9.17) is 28.4 Å². The molecule has 0 aliphatic heterocycles. The Kier molecular flexibility index (Phi) is 12.6. The maximum Gasteiger partial charge on any atom is 0.175 e. The summed E-state index contributed by atoms with van der Waals surface area (Å²) in [5.74, 6) is 2.65. The Morgan fingerprint density at radius 2 is 1.27 bits per heavy atom. The quantitative estimate of drug-likeness (QED) is 0.0685. The molecule has 0 radical (unpaired) electrons. The average molecular weight is 671 g/mol. The van der Waals surface area contributed by atoms with Crippen LogP contribution < -0.4 is 14.2 Å². The molecular weight excluding hydrogens is 632 g/mol. The summed E-state index contributed by atoms with van der Waals surface area (Å²) in [6.07, 6.45) is 1.90. The van der Waals surface area contributed by atoms with E-state index in [1.807, 2.05) is 84.9 Å². The Labute approximate surface area is 280 Å². The normalized spacial score (nSPS) is 11.4. The van der Waals surface area contributed by atoms with Gasteiger partial charge in [-0.2, -0.15) is 0 Å². The molecule has 0 N–H and O–H groups in total. The number of hydrogen-bond acceptors (Lipinski definition) is 9. The molecular formula is C38H38O9S. The number of benzene rings is 5. The fraction of sp³-hybridized carbons (Fsp3) is 0.237. The van der Waals surface area contributed by atoms with E-state index in [1.165, 1.54) is 6.26 Å². The topological polar surface area (TPSA) is 107 Å². The van der Waals surface area contributed by atoms with Gasteiger partial charge >= 0.3 is 0 Å². The Hall–Kier alpha value is -4.74. The van der Waals surface area contributed by atoms with Crippen LogP contribution >= 0.6 is 0 Å². The predicted octanol–water partition coefficient (Wildman–Crippen LogP) is 6.91. The van der Waals surface area contributed by atoms with E-state index in [9.17, 15) is 13.2 Å². The molecule has 0 spiro atoms. The van der Waals surface area contributed by atoms with E-state index in [1.54, 1.807) is 24.3 Å². The molecule has 5 aromatic carbocycles. The smallest absolute Gasteiger partial charge is 0.175 e. The van der Waals surface area contributed by atoms with E-state index in [-0.39, 0.29) is 11.5 Å². The van der Waals surface area contributed by atoms with Crippen LogP contribution in [-0.4, -0.2) is 67.2 Å². The summed E-state index contributed by atoms with van der Waals surface area (Å²) >= 11 is 0. The first-order chi connectivity index (χ1) is 23.4. The summed E-state index contributed by atoms with van der Waals surface area (Å²) < 4.78 is 58.5. The van der Waals surface area contributed by atoms with Gasteiger partial charge in [0.15, 0.2) is 9.84 Å². The third-order valence-electron chi connectivity index (χ3n) is 7.25. The SMILES string of the molecule is CS(=O)(=O)c1ccc(-c2ccc3cc(OCc4ccccc4)ccc3c2Oc2ccc(OCCOCCOCCOCC=O)cc2)cc1. The second-order valence-electron chi connectivity index (χ2n) is 10.8. The van der Waals surface area contributed by atoms with Crippen LogP contribution in [0.3, 0.4) is 0 Å². The van der Waals surface area contributed by atoms with Gasteiger partial charge in [-0.15, -0.1) is 0 Å². The molecule has 0 aliphatic carbocycles. The molecule has 0 aliphatic rings. The summed E-state index contributed by atoms with van der Waals surface area (Å²) in [4.78, 5) is 10.5. The summed E-state index contributed by atoms with van der Waals surface area (Å²) in [5.41, 5.74) is 2.71. The van der Waals surface area contributed by atoms with Gasteiger partial charge in [-0.25, -0.2) is 8.42 Å². The number of carbonyl (C=O) groups is 1. The van der Waals surface area contributed by atoms with Gasteiger partial charge in [0, 0.05) is 17.2 Å². The summed E-state index contributed by atoms with van der Waals surface area (Å²) in [6.45, 7) is 2.92. The molecule has 48 heavy (non-hydrogen) atoms. The van der Waals surface area contributed by atoms with Crippen LogP contribution in [0.4, 0.5) is 0 Å². The molecule has 5 rings (SSSR count). The highest BCUT2D eigenvalue weighted by Gasteiger charge is 2.15. The van der Waals surface area contributed by atoms with Gasteiger partial charge in [-0.05, 0) is 77.2 Å². The zero-order valence-electron chi connectivity index (χ0n) is 26.7. The van der Waals surface area contributed by atoms with Crippen molar-refractivity contribution in [3.05, 3.63) is 115 Å². The molecule has 0 fully saturated rings. The highest BCUT2D eigenvalue weighted by molar-refractivity contribution is 7.90. The maximum absolute atomic E-state index is 12.1. The van der Waals surface area contributed by atoms with Gasteiger partial charge < -0.3 is 33.2 Å².